The minimum atomic E-state index is -0.521. The molecule has 128 valence electrons. The predicted octanol–water partition coefficient (Wildman–Crippen LogP) is 2.72. The molecule has 0 saturated heterocycles. The maximum Gasteiger partial charge on any atom is 0.410 e. The molecule has 6 heteroatoms. The Morgan fingerprint density at radius 3 is 2.74 bits per heavy atom. The lowest BCUT2D eigenvalue weighted by molar-refractivity contribution is 0.0252. The monoisotopic (exact) mass is 321 g/mol. The molecular formula is C17H27N3O3. The Hall–Kier alpha value is -1.82. The molecule has 1 aliphatic heterocycles. The second-order valence-corrected chi connectivity index (χ2v) is 7.17. The summed E-state index contributed by atoms with van der Waals surface area (Å²) in [6.45, 7) is 10.6. The summed E-state index contributed by atoms with van der Waals surface area (Å²) in [4.78, 5) is 14.0. The van der Waals surface area contributed by atoms with Crippen LogP contribution >= 0.6 is 0 Å². The summed E-state index contributed by atoms with van der Waals surface area (Å²) in [6.07, 6.45) is 3.35. The summed E-state index contributed by atoms with van der Waals surface area (Å²) in [6, 6.07) is 2.17. The highest BCUT2D eigenvalue weighted by Crippen LogP contribution is 2.30. The fraction of sp³-hybridized carbons (Fsp3) is 0.647. The van der Waals surface area contributed by atoms with E-state index >= 15 is 0 Å². The van der Waals surface area contributed by atoms with Crippen LogP contribution in [0.3, 0.4) is 0 Å². The van der Waals surface area contributed by atoms with Crippen LogP contribution in [-0.4, -0.2) is 51.2 Å². The van der Waals surface area contributed by atoms with E-state index in [1.807, 2.05) is 37.6 Å². The fourth-order valence-electron chi connectivity index (χ4n) is 2.75. The van der Waals surface area contributed by atoms with Crippen LogP contribution < -0.4 is 0 Å². The van der Waals surface area contributed by atoms with Crippen LogP contribution in [0, 0.1) is 0 Å². The molecule has 1 atom stereocenters. The molecule has 0 fully saturated rings. The number of ether oxygens (including phenoxy) is 1. The zero-order chi connectivity index (χ0) is 17.2. The van der Waals surface area contributed by atoms with Gasteiger partial charge in [-0.15, -0.1) is 0 Å². The highest BCUT2D eigenvalue weighted by atomic mass is 16.6. The van der Waals surface area contributed by atoms with Crippen LogP contribution in [0.1, 0.15) is 52.3 Å². The van der Waals surface area contributed by atoms with Gasteiger partial charge in [-0.2, -0.15) is 5.10 Å². The average molecular weight is 321 g/mol. The molecule has 1 amide bonds. The third-order valence-electron chi connectivity index (χ3n) is 3.81. The van der Waals surface area contributed by atoms with E-state index in [2.05, 4.69) is 18.9 Å². The molecule has 23 heavy (non-hydrogen) atoms. The molecule has 0 aromatic carbocycles. The van der Waals surface area contributed by atoms with Crippen molar-refractivity contribution in [1.82, 2.24) is 14.7 Å². The Morgan fingerprint density at radius 2 is 2.17 bits per heavy atom. The molecule has 1 aromatic rings. The van der Waals surface area contributed by atoms with Gasteiger partial charge < -0.3 is 14.7 Å². The van der Waals surface area contributed by atoms with Gasteiger partial charge in [0.15, 0.2) is 0 Å². The molecule has 0 aliphatic carbocycles. The summed E-state index contributed by atoms with van der Waals surface area (Å²) in [7, 11) is 0. The zero-order valence-corrected chi connectivity index (χ0v) is 14.6. The van der Waals surface area contributed by atoms with Crippen molar-refractivity contribution >= 4 is 6.09 Å². The van der Waals surface area contributed by atoms with Crippen LogP contribution in [0.2, 0.25) is 0 Å². The molecule has 2 heterocycles. The van der Waals surface area contributed by atoms with Gasteiger partial charge in [-0.05, 0) is 46.3 Å². The van der Waals surface area contributed by atoms with E-state index in [9.17, 15) is 9.90 Å². The molecule has 0 radical (unpaired) electrons. The quantitative estimate of drug-likeness (QED) is 0.869. The van der Waals surface area contributed by atoms with E-state index in [0.29, 0.717) is 13.1 Å². The zero-order valence-electron chi connectivity index (χ0n) is 14.6. The van der Waals surface area contributed by atoms with Crippen LogP contribution in [0.15, 0.2) is 23.9 Å². The summed E-state index contributed by atoms with van der Waals surface area (Å²) in [5.41, 5.74) is 1.41. The molecule has 0 spiro atoms. The fourth-order valence-corrected chi connectivity index (χ4v) is 2.75. The number of carbonyl (C=O) groups is 1. The van der Waals surface area contributed by atoms with Gasteiger partial charge in [0.25, 0.3) is 0 Å². The maximum absolute atomic E-state index is 12.3. The molecule has 0 saturated carbocycles. The first kappa shape index (κ1) is 17.5. The van der Waals surface area contributed by atoms with Crippen molar-refractivity contribution in [3.05, 3.63) is 29.6 Å². The lowest BCUT2D eigenvalue weighted by Crippen LogP contribution is -2.42. The van der Waals surface area contributed by atoms with Crippen molar-refractivity contribution in [3.63, 3.8) is 0 Å². The van der Waals surface area contributed by atoms with Crippen LogP contribution in [-0.2, 0) is 4.74 Å². The number of hydrogen-bond acceptors (Lipinski definition) is 4. The molecule has 1 N–H and O–H groups in total. The average Bonchev–Trinajstić information content (AvgIpc) is 2.94. The Balaban J connectivity index is 2.24. The molecule has 1 unspecified atom stereocenters. The molecular weight excluding hydrogens is 294 g/mol. The second-order valence-electron chi connectivity index (χ2n) is 7.17. The lowest BCUT2D eigenvalue weighted by atomic mass is 9.92. The van der Waals surface area contributed by atoms with Crippen LogP contribution in [0.4, 0.5) is 4.79 Å². The third-order valence-corrected chi connectivity index (χ3v) is 3.81. The smallest absolute Gasteiger partial charge is 0.410 e. The van der Waals surface area contributed by atoms with Crippen molar-refractivity contribution in [1.29, 1.82) is 0 Å². The summed E-state index contributed by atoms with van der Waals surface area (Å²) >= 11 is 0. The first-order valence-electron chi connectivity index (χ1n) is 8.04. The first-order chi connectivity index (χ1) is 10.7. The minimum absolute atomic E-state index is 0.0178. The van der Waals surface area contributed by atoms with Crippen molar-refractivity contribution in [2.24, 2.45) is 0 Å². The minimum Gasteiger partial charge on any atom is -0.444 e. The Kier molecular flexibility index (Phi) is 5.14. The number of carbonyl (C=O) groups excluding carboxylic acids is 1. The summed E-state index contributed by atoms with van der Waals surface area (Å²) in [5.74, 6) is -0.0637. The number of nitrogens with zero attached hydrogens (tertiary/aromatic N) is 3. The van der Waals surface area contributed by atoms with Crippen molar-refractivity contribution < 1.29 is 14.6 Å². The summed E-state index contributed by atoms with van der Waals surface area (Å²) in [5, 5.41) is 14.0. The summed E-state index contributed by atoms with van der Waals surface area (Å²) < 4.78 is 7.40. The van der Waals surface area contributed by atoms with E-state index in [0.717, 1.165) is 11.3 Å². The number of rotatable bonds is 3. The molecule has 6 nitrogen and oxygen atoms in total. The van der Waals surface area contributed by atoms with Gasteiger partial charge in [0, 0.05) is 36.9 Å². The van der Waals surface area contributed by atoms with Gasteiger partial charge in [-0.1, -0.05) is 6.08 Å². The van der Waals surface area contributed by atoms with Gasteiger partial charge in [0.05, 0.1) is 6.61 Å². The maximum atomic E-state index is 12.3. The highest BCUT2D eigenvalue weighted by molar-refractivity contribution is 5.69. The van der Waals surface area contributed by atoms with Gasteiger partial charge >= 0.3 is 6.09 Å². The standard InChI is InChI=1S/C17H27N3O3/c1-12(2)20-15(6-8-18-20)14-10-19(9-7-13(14)11-21)16(22)23-17(3,4)5/h6-8,12,14,21H,9-11H2,1-5H3. The van der Waals surface area contributed by atoms with Crippen LogP contribution in [0.25, 0.3) is 0 Å². The topological polar surface area (TPSA) is 67.6 Å². The Morgan fingerprint density at radius 1 is 1.48 bits per heavy atom. The van der Waals surface area contributed by atoms with E-state index in [-0.39, 0.29) is 24.7 Å². The number of hydrogen-bond donors (Lipinski definition) is 1. The van der Waals surface area contributed by atoms with Gasteiger partial charge in [0.1, 0.15) is 5.60 Å². The van der Waals surface area contributed by atoms with Crippen molar-refractivity contribution in [3.8, 4) is 0 Å². The van der Waals surface area contributed by atoms with E-state index in [1.165, 1.54) is 0 Å². The largest absolute Gasteiger partial charge is 0.444 e. The predicted molar refractivity (Wildman–Crippen MR) is 88.3 cm³/mol. The van der Waals surface area contributed by atoms with E-state index < -0.39 is 5.60 Å². The van der Waals surface area contributed by atoms with Crippen molar-refractivity contribution in [2.45, 2.75) is 52.2 Å². The molecule has 1 aliphatic rings. The SMILES string of the molecule is CC(C)n1nccc1C1CN(C(=O)OC(C)(C)C)CC=C1CO. The van der Waals surface area contributed by atoms with Gasteiger partial charge in [-0.25, -0.2) is 4.79 Å². The number of amides is 1. The van der Waals surface area contributed by atoms with Crippen molar-refractivity contribution in [2.75, 3.05) is 19.7 Å². The Bertz CT molecular complexity index is 584. The second kappa shape index (κ2) is 6.74. The highest BCUT2D eigenvalue weighted by Gasteiger charge is 2.31. The number of aliphatic hydroxyl groups excluding tert-OH is 1. The number of aliphatic hydroxyl groups is 1. The number of aromatic nitrogens is 2. The van der Waals surface area contributed by atoms with E-state index in [1.54, 1.807) is 11.1 Å². The first-order valence-corrected chi connectivity index (χ1v) is 8.04. The molecule has 1 aromatic heterocycles. The molecule has 0 bridgehead atoms. The Labute approximate surface area is 137 Å². The van der Waals surface area contributed by atoms with Gasteiger partial charge in [0.2, 0.25) is 0 Å². The lowest BCUT2D eigenvalue weighted by Gasteiger charge is -2.34. The third kappa shape index (κ3) is 4.13. The van der Waals surface area contributed by atoms with E-state index in [4.69, 9.17) is 4.74 Å². The molecule has 2 rings (SSSR count). The normalized spacial score (nSPS) is 19.0. The van der Waals surface area contributed by atoms with Crippen LogP contribution in [0.5, 0.6) is 0 Å². The van der Waals surface area contributed by atoms with Gasteiger partial charge in [-0.3, -0.25) is 4.68 Å².